The van der Waals surface area contributed by atoms with E-state index in [1.807, 2.05) is 0 Å². The molecule has 0 unspecified atom stereocenters. The number of carboxylic acids is 2. The third kappa shape index (κ3) is 22.0. The molecule has 438 valence electrons. The maximum atomic E-state index is 14.5. The largest absolute Gasteiger partial charge is 0.481 e. The quantitative estimate of drug-likeness (QED) is 0.0609. The van der Waals surface area contributed by atoms with E-state index in [0.29, 0.717) is 5.69 Å². The van der Waals surface area contributed by atoms with Gasteiger partial charge in [-0.2, -0.15) is 0 Å². The molecule has 0 bridgehead atoms. The Morgan fingerprint density at radius 3 is 1.81 bits per heavy atom. The summed E-state index contributed by atoms with van der Waals surface area (Å²) in [6.07, 6.45) is -1.35. The fourth-order valence-corrected chi connectivity index (χ4v) is 10.4. The lowest BCUT2D eigenvalue weighted by molar-refractivity contribution is -0.144. The third-order valence-electron chi connectivity index (χ3n) is 12.2. The monoisotopic (exact) mass is 1150 g/mol. The molecule has 2 saturated heterocycles. The van der Waals surface area contributed by atoms with Gasteiger partial charge in [-0.15, -0.1) is 0 Å². The molecule has 12 amide bonds. The van der Waals surface area contributed by atoms with Crippen LogP contribution in [0.2, 0.25) is 0 Å². The molecule has 1 aromatic rings. The minimum absolute atomic E-state index is 0.0167. The minimum Gasteiger partial charge on any atom is -0.481 e. The van der Waals surface area contributed by atoms with Crippen LogP contribution in [0.1, 0.15) is 91.2 Å². The van der Waals surface area contributed by atoms with Crippen LogP contribution < -0.4 is 65.5 Å². The standard InChI is InChI=1S/C46H71N15O16S2/c1-20(2)12-26-40(70)57-27(13-22-16-51-19-52-22)41(71)53-24(7-9-32(48)62)39(69)60-36(21(3)4)45(75)61-11-5-6-31(61)44(74)59-30(43(73)58-29(46(76)77)15-34(50)64)18-79-78-17-23(47)37(67)55-28(14-33(49)63)42(72)54-25(38(68)56-26)8-10-35(65)66/h16,19-21,23-31,36H,5-15,17-18,47H2,1-4H3,(H2,48,62)(H2,49,63)(H2,50,64)(H,51,52)(H,53,71)(H,54,72)(H,55,67)(H,56,68)(H,57,70)(H,58,73)(H,59,74)(H,60,69)(H,65,66)(H,76,77)/t23-,24-,25+,26-,27+,28-,29+,30-,31-,36+/m1/s1. The highest BCUT2D eigenvalue weighted by Crippen LogP contribution is 2.25. The van der Waals surface area contributed by atoms with Crippen molar-refractivity contribution >= 4 is 104 Å². The van der Waals surface area contributed by atoms with E-state index in [-0.39, 0.29) is 49.7 Å². The molecule has 3 heterocycles. The van der Waals surface area contributed by atoms with Crippen LogP contribution in [0, 0.1) is 11.8 Å². The molecular formula is C46H71N15O16S2. The number of carbonyl (C=O) groups is 14. The van der Waals surface area contributed by atoms with E-state index in [2.05, 4.69) is 52.5 Å². The van der Waals surface area contributed by atoms with Gasteiger partial charge in [0.15, 0.2) is 0 Å². The SMILES string of the molecule is CC(C)C[C@H]1NC(=O)[C@H](CCC(=O)O)NC(=O)[C@@H](CC(N)=O)NC(=O)[C@H](N)CSSC[C@H](C(=O)N[C@@H](CC(N)=O)C(=O)O)NC(=O)[C@H]2CCCN2C(=O)[C@H](C(C)C)NC(=O)[C@@H](CCC(N)=O)NC(=O)[C@H](Cc2cnc[nH]2)NC1=O. The van der Waals surface area contributed by atoms with Crippen LogP contribution in [-0.2, 0) is 73.5 Å². The van der Waals surface area contributed by atoms with E-state index in [0.717, 1.165) is 21.6 Å². The Bertz CT molecular complexity index is 2410. The number of nitrogens with two attached hydrogens (primary N) is 4. The number of carbonyl (C=O) groups excluding carboxylic acids is 12. The molecule has 2 aliphatic rings. The first-order valence-electron chi connectivity index (χ1n) is 25.1. The number of amides is 12. The highest BCUT2D eigenvalue weighted by atomic mass is 33.1. The molecule has 79 heavy (non-hydrogen) atoms. The summed E-state index contributed by atoms with van der Waals surface area (Å²) in [5.41, 5.74) is 22.5. The molecule has 2 fully saturated rings. The first kappa shape index (κ1) is 65.7. The maximum Gasteiger partial charge on any atom is 0.326 e. The van der Waals surface area contributed by atoms with Gasteiger partial charge in [-0.25, -0.2) is 9.78 Å². The van der Waals surface area contributed by atoms with E-state index >= 15 is 0 Å². The van der Waals surface area contributed by atoms with Gasteiger partial charge in [-0.05, 0) is 43.9 Å². The van der Waals surface area contributed by atoms with Crippen molar-refractivity contribution in [3.05, 3.63) is 18.2 Å². The van der Waals surface area contributed by atoms with Gasteiger partial charge in [-0.1, -0.05) is 49.3 Å². The first-order valence-corrected chi connectivity index (χ1v) is 27.6. The van der Waals surface area contributed by atoms with E-state index in [9.17, 15) is 77.3 Å². The number of rotatable bonds is 18. The minimum atomic E-state index is -1.84. The second kappa shape index (κ2) is 31.8. The number of fused-ring (bicyclic) bond motifs is 1. The predicted octanol–water partition coefficient (Wildman–Crippen LogP) is -5.79. The number of aromatic amines is 1. The Hall–Kier alpha value is -7.55. The van der Waals surface area contributed by atoms with Gasteiger partial charge in [0.25, 0.3) is 0 Å². The van der Waals surface area contributed by atoms with Crippen LogP contribution in [0.3, 0.4) is 0 Å². The Morgan fingerprint density at radius 2 is 1.25 bits per heavy atom. The van der Waals surface area contributed by atoms with E-state index in [4.69, 9.17) is 22.9 Å². The number of hydrogen-bond acceptors (Lipinski definition) is 18. The van der Waals surface area contributed by atoms with Gasteiger partial charge in [0.05, 0.1) is 25.2 Å². The number of nitrogens with one attached hydrogen (secondary N) is 9. The van der Waals surface area contributed by atoms with Crippen molar-refractivity contribution in [3.8, 4) is 0 Å². The smallest absolute Gasteiger partial charge is 0.326 e. The van der Waals surface area contributed by atoms with Crippen molar-refractivity contribution in [1.82, 2.24) is 57.4 Å². The molecule has 19 N–H and O–H groups in total. The first-order chi connectivity index (χ1) is 37.1. The normalized spacial score (nSPS) is 25.3. The van der Waals surface area contributed by atoms with Crippen LogP contribution in [0.15, 0.2) is 12.5 Å². The molecule has 0 aromatic carbocycles. The number of H-pyrrole nitrogens is 1. The van der Waals surface area contributed by atoms with Gasteiger partial charge in [-0.3, -0.25) is 62.3 Å². The molecule has 1 aromatic heterocycles. The van der Waals surface area contributed by atoms with Crippen LogP contribution in [0.5, 0.6) is 0 Å². The van der Waals surface area contributed by atoms with Crippen molar-refractivity contribution in [2.45, 2.75) is 152 Å². The number of primary amides is 3. The summed E-state index contributed by atoms with van der Waals surface area (Å²) in [5.74, 6) is -16.8. The Balaban J connectivity index is 2.18. The highest BCUT2D eigenvalue weighted by molar-refractivity contribution is 8.76. The van der Waals surface area contributed by atoms with Crippen molar-refractivity contribution in [2.75, 3.05) is 18.1 Å². The molecule has 3 rings (SSSR count). The molecule has 33 heteroatoms. The summed E-state index contributed by atoms with van der Waals surface area (Å²) in [6, 6.07) is -15.8. The molecule has 0 radical (unpaired) electrons. The number of nitrogens with zero attached hydrogens (tertiary/aromatic N) is 2. The Morgan fingerprint density at radius 1 is 0.696 bits per heavy atom. The fraction of sp³-hybridized carbons (Fsp3) is 0.630. The maximum absolute atomic E-state index is 14.5. The van der Waals surface area contributed by atoms with Crippen molar-refractivity contribution < 1.29 is 77.3 Å². The van der Waals surface area contributed by atoms with E-state index < -0.39 is 188 Å². The van der Waals surface area contributed by atoms with Gasteiger partial charge in [0.2, 0.25) is 70.9 Å². The number of aromatic nitrogens is 2. The molecule has 2 aliphatic heterocycles. The molecule has 10 atom stereocenters. The summed E-state index contributed by atoms with van der Waals surface area (Å²) in [5, 5.41) is 38.7. The average Bonchev–Trinajstić information content (AvgIpc) is 4.08. The number of hydrogen-bond donors (Lipinski definition) is 15. The molecule has 0 saturated carbocycles. The predicted molar refractivity (Wildman–Crippen MR) is 280 cm³/mol. The van der Waals surface area contributed by atoms with Crippen LogP contribution >= 0.6 is 21.6 Å². The molecule has 0 spiro atoms. The zero-order chi connectivity index (χ0) is 59.3. The van der Waals surface area contributed by atoms with Crippen molar-refractivity contribution in [2.24, 2.45) is 34.8 Å². The summed E-state index contributed by atoms with van der Waals surface area (Å²) < 4.78 is 0. The summed E-state index contributed by atoms with van der Waals surface area (Å²) in [6.45, 7) is 6.52. The van der Waals surface area contributed by atoms with Crippen molar-refractivity contribution in [3.63, 3.8) is 0 Å². The molecular weight excluding hydrogens is 1080 g/mol. The summed E-state index contributed by atoms with van der Waals surface area (Å²) >= 11 is 0. The third-order valence-corrected chi connectivity index (χ3v) is 14.7. The second-order valence-corrected chi connectivity index (χ2v) is 22.1. The van der Waals surface area contributed by atoms with E-state index in [1.165, 1.54) is 17.4 Å². The topological polar surface area (TPSA) is 512 Å². The van der Waals surface area contributed by atoms with Crippen LogP contribution in [0.25, 0.3) is 0 Å². The van der Waals surface area contributed by atoms with Gasteiger partial charge < -0.3 is 85.6 Å². The summed E-state index contributed by atoms with van der Waals surface area (Å²) in [7, 11) is 1.72. The average molecular weight is 1150 g/mol. The number of carboxylic acid groups (broad SMARTS) is 2. The van der Waals surface area contributed by atoms with Crippen molar-refractivity contribution in [1.29, 1.82) is 0 Å². The zero-order valence-corrected chi connectivity index (χ0v) is 45.5. The number of imidazole rings is 1. The van der Waals surface area contributed by atoms with Crippen LogP contribution in [0.4, 0.5) is 0 Å². The zero-order valence-electron chi connectivity index (χ0n) is 43.9. The van der Waals surface area contributed by atoms with Gasteiger partial charge >= 0.3 is 11.9 Å². The van der Waals surface area contributed by atoms with Crippen LogP contribution in [-0.4, -0.2) is 186 Å². The second-order valence-electron chi connectivity index (χ2n) is 19.6. The lowest BCUT2D eigenvalue weighted by Gasteiger charge is -2.32. The molecule has 0 aliphatic carbocycles. The summed E-state index contributed by atoms with van der Waals surface area (Å²) in [4.78, 5) is 194. The Kier molecular flexibility index (Phi) is 26.4. The highest BCUT2D eigenvalue weighted by Gasteiger charge is 2.42. The van der Waals surface area contributed by atoms with Gasteiger partial charge in [0, 0.05) is 49.2 Å². The lowest BCUT2D eigenvalue weighted by Crippen LogP contribution is -2.61. The molecule has 31 nitrogen and oxygen atoms in total. The lowest BCUT2D eigenvalue weighted by atomic mass is 10.00. The Labute approximate surface area is 461 Å². The van der Waals surface area contributed by atoms with Gasteiger partial charge in [0.1, 0.15) is 54.4 Å². The fourth-order valence-electron chi connectivity index (χ4n) is 8.09. The number of aliphatic carboxylic acids is 2. The van der Waals surface area contributed by atoms with E-state index in [1.54, 1.807) is 27.7 Å².